The van der Waals surface area contributed by atoms with Gasteiger partial charge in [0.1, 0.15) is 5.75 Å². The zero-order chi connectivity index (χ0) is 13.9. The smallest absolute Gasteiger partial charge is 0.261 e. The van der Waals surface area contributed by atoms with E-state index in [1.54, 1.807) is 12.1 Å². The predicted octanol–water partition coefficient (Wildman–Crippen LogP) is 1.50. The van der Waals surface area contributed by atoms with Crippen LogP contribution in [0.15, 0.2) is 22.7 Å². The van der Waals surface area contributed by atoms with Crippen molar-refractivity contribution in [1.29, 1.82) is 0 Å². The summed E-state index contributed by atoms with van der Waals surface area (Å²) in [6, 6.07) is 4.73. The number of hydrogen-bond acceptors (Lipinski definition) is 6. The highest BCUT2D eigenvalue weighted by atomic mass is 35.5. The number of hydrogen-bond donors (Lipinski definition) is 2. The SMILES string of the molecule is Oc1ccc(Cl)cc1-c1nc(CN2CCNCC2)no1. The van der Waals surface area contributed by atoms with Gasteiger partial charge in [0.25, 0.3) is 5.89 Å². The van der Waals surface area contributed by atoms with E-state index in [2.05, 4.69) is 20.4 Å². The number of aromatic nitrogens is 2. The molecule has 1 aromatic heterocycles. The van der Waals surface area contributed by atoms with Gasteiger partial charge in [0.15, 0.2) is 5.82 Å². The van der Waals surface area contributed by atoms with Crippen molar-refractivity contribution >= 4 is 11.6 Å². The molecule has 3 rings (SSSR count). The van der Waals surface area contributed by atoms with E-state index in [1.807, 2.05) is 0 Å². The Morgan fingerprint density at radius 2 is 2.15 bits per heavy atom. The summed E-state index contributed by atoms with van der Waals surface area (Å²) in [5, 5.41) is 17.6. The Morgan fingerprint density at radius 3 is 2.95 bits per heavy atom. The Labute approximate surface area is 121 Å². The maximum Gasteiger partial charge on any atom is 0.261 e. The largest absolute Gasteiger partial charge is 0.507 e. The zero-order valence-corrected chi connectivity index (χ0v) is 11.6. The molecule has 106 valence electrons. The number of phenolic OH excluding ortho intramolecular Hbond substituents is 1. The number of benzene rings is 1. The number of piperazine rings is 1. The van der Waals surface area contributed by atoms with Crippen LogP contribution in [0.2, 0.25) is 5.02 Å². The molecular weight excluding hydrogens is 280 g/mol. The molecule has 0 aliphatic carbocycles. The lowest BCUT2D eigenvalue weighted by molar-refractivity contribution is 0.225. The van der Waals surface area contributed by atoms with Crippen LogP contribution in [0.4, 0.5) is 0 Å². The molecule has 0 bridgehead atoms. The van der Waals surface area contributed by atoms with Gasteiger partial charge in [0.2, 0.25) is 0 Å². The molecule has 0 atom stereocenters. The molecule has 1 aromatic carbocycles. The fourth-order valence-corrected chi connectivity index (χ4v) is 2.35. The first-order chi connectivity index (χ1) is 9.72. The van der Waals surface area contributed by atoms with Crippen LogP contribution in [0.5, 0.6) is 5.75 Å². The second kappa shape index (κ2) is 5.78. The highest BCUT2D eigenvalue weighted by molar-refractivity contribution is 6.30. The van der Waals surface area contributed by atoms with Crippen LogP contribution >= 0.6 is 11.6 Å². The lowest BCUT2D eigenvalue weighted by atomic mass is 10.2. The minimum absolute atomic E-state index is 0.0757. The Hall–Kier alpha value is -1.63. The third kappa shape index (κ3) is 2.92. The maximum atomic E-state index is 9.81. The summed E-state index contributed by atoms with van der Waals surface area (Å²) in [6.45, 7) is 4.52. The topological polar surface area (TPSA) is 74.4 Å². The van der Waals surface area contributed by atoms with Crippen LogP contribution < -0.4 is 5.32 Å². The molecule has 0 radical (unpaired) electrons. The second-order valence-electron chi connectivity index (χ2n) is 4.70. The molecule has 1 saturated heterocycles. The molecule has 1 aliphatic heterocycles. The van der Waals surface area contributed by atoms with Crippen molar-refractivity contribution in [1.82, 2.24) is 20.4 Å². The predicted molar refractivity (Wildman–Crippen MR) is 74.6 cm³/mol. The minimum atomic E-state index is 0.0757. The molecule has 0 spiro atoms. The van der Waals surface area contributed by atoms with Crippen LogP contribution in [0.3, 0.4) is 0 Å². The number of halogens is 1. The number of nitrogens with zero attached hydrogens (tertiary/aromatic N) is 3. The molecule has 6 nitrogen and oxygen atoms in total. The van der Waals surface area contributed by atoms with Gasteiger partial charge in [-0.2, -0.15) is 4.98 Å². The van der Waals surface area contributed by atoms with Crippen molar-refractivity contribution in [2.75, 3.05) is 26.2 Å². The quantitative estimate of drug-likeness (QED) is 0.894. The van der Waals surface area contributed by atoms with Crippen molar-refractivity contribution in [2.45, 2.75) is 6.54 Å². The molecule has 20 heavy (non-hydrogen) atoms. The van der Waals surface area contributed by atoms with Gasteiger partial charge in [0.05, 0.1) is 12.1 Å². The monoisotopic (exact) mass is 294 g/mol. The minimum Gasteiger partial charge on any atom is -0.507 e. The van der Waals surface area contributed by atoms with Gasteiger partial charge >= 0.3 is 0 Å². The molecule has 0 saturated carbocycles. The molecule has 2 heterocycles. The summed E-state index contributed by atoms with van der Waals surface area (Å²) in [5.41, 5.74) is 0.455. The van der Waals surface area contributed by atoms with Crippen molar-refractivity contribution in [3.63, 3.8) is 0 Å². The van der Waals surface area contributed by atoms with E-state index in [4.69, 9.17) is 16.1 Å². The summed E-state index contributed by atoms with van der Waals surface area (Å²) in [5.74, 6) is 0.975. The van der Waals surface area contributed by atoms with Crippen LogP contribution in [-0.4, -0.2) is 46.3 Å². The van der Waals surface area contributed by atoms with Gasteiger partial charge in [-0.05, 0) is 18.2 Å². The van der Waals surface area contributed by atoms with E-state index >= 15 is 0 Å². The van der Waals surface area contributed by atoms with Gasteiger partial charge in [-0.25, -0.2) is 0 Å². The van der Waals surface area contributed by atoms with E-state index in [-0.39, 0.29) is 11.6 Å². The Morgan fingerprint density at radius 1 is 1.35 bits per heavy atom. The van der Waals surface area contributed by atoms with Crippen molar-refractivity contribution in [3.8, 4) is 17.2 Å². The van der Waals surface area contributed by atoms with Gasteiger partial charge in [-0.3, -0.25) is 4.90 Å². The summed E-state index contributed by atoms with van der Waals surface area (Å²) in [4.78, 5) is 6.57. The van der Waals surface area contributed by atoms with Gasteiger partial charge in [-0.15, -0.1) is 0 Å². The lowest BCUT2D eigenvalue weighted by Gasteiger charge is -2.25. The molecular formula is C13H15ClN4O2. The summed E-state index contributed by atoms with van der Waals surface area (Å²) in [6.07, 6.45) is 0. The summed E-state index contributed by atoms with van der Waals surface area (Å²) >= 11 is 5.91. The molecule has 2 N–H and O–H groups in total. The van der Waals surface area contributed by atoms with Crippen LogP contribution in [0, 0.1) is 0 Å². The molecule has 1 fully saturated rings. The third-order valence-electron chi connectivity index (χ3n) is 3.23. The van der Waals surface area contributed by atoms with E-state index in [0.29, 0.717) is 23.0 Å². The van der Waals surface area contributed by atoms with Crippen LogP contribution in [-0.2, 0) is 6.54 Å². The van der Waals surface area contributed by atoms with Crippen molar-refractivity contribution < 1.29 is 9.63 Å². The maximum absolute atomic E-state index is 9.81. The standard InChI is InChI=1S/C13H15ClN4O2/c14-9-1-2-11(19)10(7-9)13-16-12(17-20-13)8-18-5-3-15-4-6-18/h1-2,7,15,19H,3-6,8H2. The first kappa shape index (κ1) is 13.4. The van der Waals surface area contributed by atoms with E-state index < -0.39 is 0 Å². The van der Waals surface area contributed by atoms with E-state index in [9.17, 15) is 5.11 Å². The summed E-state index contributed by atoms with van der Waals surface area (Å²) < 4.78 is 5.21. The fraction of sp³-hybridized carbons (Fsp3) is 0.385. The molecule has 2 aromatic rings. The fourth-order valence-electron chi connectivity index (χ4n) is 2.18. The van der Waals surface area contributed by atoms with Crippen LogP contribution in [0.1, 0.15) is 5.82 Å². The first-order valence-corrected chi connectivity index (χ1v) is 6.85. The Kier molecular flexibility index (Phi) is 3.86. The molecule has 0 amide bonds. The summed E-state index contributed by atoms with van der Waals surface area (Å²) in [7, 11) is 0. The van der Waals surface area contributed by atoms with Crippen LogP contribution in [0.25, 0.3) is 11.5 Å². The highest BCUT2D eigenvalue weighted by Crippen LogP contribution is 2.30. The normalized spacial score (nSPS) is 16.4. The number of nitrogens with one attached hydrogen (secondary N) is 1. The Balaban J connectivity index is 1.77. The van der Waals surface area contributed by atoms with Gasteiger partial charge in [0, 0.05) is 31.2 Å². The highest BCUT2D eigenvalue weighted by Gasteiger charge is 2.16. The zero-order valence-electron chi connectivity index (χ0n) is 10.8. The van der Waals surface area contributed by atoms with Gasteiger partial charge in [-0.1, -0.05) is 16.8 Å². The molecule has 7 heteroatoms. The van der Waals surface area contributed by atoms with E-state index in [1.165, 1.54) is 6.07 Å². The molecule has 0 unspecified atom stereocenters. The lowest BCUT2D eigenvalue weighted by Crippen LogP contribution is -2.43. The number of phenols is 1. The number of aromatic hydroxyl groups is 1. The third-order valence-corrected chi connectivity index (χ3v) is 3.47. The molecule has 1 aliphatic rings. The number of rotatable bonds is 3. The first-order valence-electron chi connectivity index (χ1n) is 6.47. The second-order valence-corrected chi connectivity index (χ2v) is 5.14. The Bertz CT molecular complexity index is 596. The average molecular weight is 295 g/mol. The van der Waals surface area contributed by atoms with Gasteiger partial charge < -0.3 is 14.9 Å². The average Bonchev–Trinajstić information content (AvgIpc) is 2.91. The van der Waals surface area contributed by atoms with Crippen molar-refractivity contribution in [2.24, 2.45) is 0 Å². The van der Waals surface area contributed by atoms with E-state index in [0.717, 1.165) is 26.2 Å². The van der Waals surface area contributed by atoms with Crippen molar-refractivity contribution in [3.05, 3.63) is 29.0 Å².